The first-order chi connectivity index (χ1) is 10.2. The van der Waals surface area contributed by atoms with Crippen LogP contribution in [0.3, 0.4) is 0 Å². The fraction of sp³-hybridized carbons (Fsp3) is 0.800. The van der Waals surface area contributed by atoms with Crippen molar-refractivity contribution in [3.8, 4) is 0 Å². The number of carbonyl (C=O) groups is 1. The van der Waals surface area contributed by atoms with Crippen molar-refractivity contribution in [3.05, 3.63) is 11.6 Å². The van der Waals surface area contributed by atoms with E-state index in [1.165, 1.54) is 12.8 Å². The molecule has 6 nitrogen and oxygen atoms in total. The molecule has 1 aromatic heterocycles. The fourth-order valence-corrected chi connectivity index (χ4v) is 3.47. The monoisotopic (exact) mass is 291 g/mol. The summed E-state index contributed by atoms with van der Waals surface area (Å²) in [4.78, 5) is 16.3. The topological polar surface area (TPSA) is 54.3 Å². The van der Waals surface area contributed by atoms with Gasteiger partial charge in [-0.2, -0.15) is 0 Å². The highest BCUT2D eigenvalue weighted by atomic mass is 16.2. The lowest BCUT2D eigenvalue weighted by Gasteiger charge is -2.31. The maximum Gasteiger partial charge on any atom is 0.222 e. The Morgan fingerprint density at radius 1 is 1.19 bits per heavy atom. The number of fused-ring (bicyclic) bond motifs is 1. The van der Waals surface area contributed by atoms with Gasteiger partial charge in [-0.3, -0.25) is 9.69 Å². The Hall–Kier alpha value is -1.43. The highest BCUT2D eigenvalue weighted by Crippen LogP contribution is 2.29. The van der Waals surface area contributed by atoms with E-state index in [1.807, 2.05) is 11.8 Å². The van der Waals surface area contributed by atoms with Gasteiger partial charge < -0.3 is 9.47 Å². The molecule has 1 fully saturated rings. The van der Waals surface area contributed by atoms with Crippen molar-refractivity contribution in [1.29, 1.82) is 0 Å². The molecule has 1 amide bonds. The number of nitrogens with zero attached hydrogens (tertiary/aromatic N) is 5. The highest BCUT2D eigenvalue weighted by molar-refractivity contribution is 5.75. The molecule has 0 bridgehead atoms. The van der Waals surface area contributed by atoms with Crippen molar-refractivity contribution in [2.75, 3.05) is 26.7 Å². The minimum absolute atomic E-state index is 0.241. The molecule has 0 aromatic carbocycles. The average molecular weight is 291 g/mol. The van der Waals surface area contributed by atoms with Crippen LogP contribution >= 0.6 is 0 Å². The summed E-state index contributed by atoms with van der Waals surface area (Å²) in [5.74, 6) is 2.37. The van der Waals surface area contributed by atoms with E-state index in [2.05, 4.69) is 26.7 Å². The van der Waals surface area contributed by atoms with Crippen molar-refractivity contribution >= 4 is 5.91 Å². The van der Waals surface area contributed by atoms with Gasteiger partial charge in [-0.25, -0.2) is 0 Å². The van der Waals surface area contributed by atoms with E-state index in [1.54, 1.807) is 0 Å². The average Bonchev–Trinajstić information content (AvgIpc) is 2.78. The van der Waals surface area contributed by atoms with Gasteiger partial charge in [0.15, 0.2) is 0 Å². The number of hydrogen-bond acceptors (Lipinski definition) is 4. The third kappa shape index (κ3) is 2.81. The number of aromatic nitrogens is 3. The van der Waals surface area contributed by atoms with Gasteiger partial charge in [0.2, 0.25) is 5.91 Å². The molecule has 1 atom stereocenters. The minimum atomic E-state index is 0.241. The first kappa shape index (κ1) is 14.5. The van der Waals surface area contributed by atoms with Crippen LogP contribution in [0, 0.1) is 0 Å². The molecule has 1 aromatic rings. The summed E-state index contributed by atoms with van der Waals surface area (Å²) in [6.45, 7) is 5.43. The second kappa shape index (κ2) is 6.13. The Bertz CT molecular complexity index is 512. The summed E-state index contributed by atoms with van der Waals surface area (Å²) in [6.07, 6.45) is 5.09. The van der Waals surface area contributed by atoms with Crippen molar-refractivity contribution in [3.63, 3.8) is 0 Å². The maximum absolute atomic E-state index is 11.9. The van der Waals surface area contributed by atoms with Crippen LogP contribution < -0.4 is 0 Å². The lowest BCUT2D eigenvalue weighted by molar-refractivity contribution is -0.130. The van der Waals surface area contributed by atoms with Crippen LogP contribution in [-0.2, 0) is 17.8 Å². The number of rotatable bonds is 2. The van der Waals surface area contributed by atoms with Crippen LogP contribution in [0.15, 0.2) is 0 Å². The zero-order valence-electron chi connectivity index (χ0n) is 13.1. The summed E-state index contributed by atoms with van der Waals surface area (Å²) in [7, 11) is 2.18. The van der Waals surface area contributed by atoms with E-state index in [4.69, 9.17) is 0 Å². The van der Waals surface area contributed by atoms with Crippen molar-refractivity contribution in [1.82, 2.24) is 24.6 Å². The SMILES string of the molecule is CCC(=O)N1CCc2nnc([C@@H]3CCCCN3C)n2CC1. The van der Waals surface area contributed by atoms with E-state index in [9.17, 15) is 4.79 Å². The Labute approximate surface area is 126 Å². The summed E-state index contributed by atoms with van der Waals surface area (Å²) in [6, 6.07) is 0.383. The van der Waals surface area contributed by atoms with E-state index >= 15 is 0 Å². The van der Waals surface area contributed by atoms with Gasteiger partial charge in [-0.1, -0.05) is 13.3 Å². The van der Waals surface area contributed by atoms with Crippen LogP contribution in [0.25, 0.3) is 0 Å². The van der Waals surface area contributed by atoms with Crippen LogP contribution in [0.4, 0.5) is 0 Å². The Kier molecular flexibility index (Phi) is 4.24. The molecular formula is C15H25N5O. The lowest BCUT2D eigenvalue weighted by atomic mass is 10.0. The van der Waals surface area contributed by atoms with E-state index in [0.717, 1.165) is 50.7 Å². The van der Waals surface area contributed by atoms with Gasteiger partial charge in [0.1, 0.15) is 11.6 Å². The fourth-order valence-electron chi connectivity index (χ4n) is 3.47. The molecule has 6 heteroatoms. The Balaban J connectivity index is 1.79. The summed E-state index contributed by atoms with van der Waals surface area (Å²) in [5, 5.41) is 8.87. The summed E-state index contributed by atoms with van der Waals surface area (Å²) < 4.78 is 2.26. The molecular weight excluding hydrogens is 266 g/mol. The molecule has 0 saturated carbocycles. The van der Waals surface area contributed by atoms with Crippen LogP contribution in [0.1, 0.15) is 50.3 Å². The van der Waals surface area contributed by atoms with Crippen LogP contribution in [-0.4, -0.2) is 57.2 Å². The minimum Gasteiger partial charge on any atom is -0.340 e. The molecule has 21 heavy (non-hydrogen) atoms. The zero-order chi connectivity index (χ0) is 14.8. The first-order valence-electron chi connectivity index (χ1n) is 8.10. The van der Waals surface area contributed by atoms with E-state index < -0.39 is 0 Å². The van der Waals surface area contributed by atoms with E-state index in [-0.39, 0.29) is 5.91 Å². The normalized spacial score (nSPS) is 23.7. The molecule has 3 heterocycles. The van der Waals surface area contributed by atoms with Gasteiger partial charge in [0.25, 0.3) is 0 Å². The molecule has 1 saturated heterocycles. The van der Waals surface area contributed by atoms with Crippen molar-refractivity contribution in [2.24, 2.45) is 0 Å². The first-order valence-corrected chi connectivity index (χ1v) is 8.10. The number of piperidine rings is 1. The second-order valence-electron chi connectivity index (χ2n) is 6.10. The molecule has 0 radical (unpaired) electrons. The second-order valence-corrected chi connectivity index (χ2v) is 6.10. The van der Waals surface area contributed by atoms with Gasteiger partial charge in [-0.05, 0) is 26.4 Å². The molecule has 0 unspecified atom stereocenters. The largest absolute Gasteiger partial charge is 0.340 e. The summed E-state index contributed by atoms with van der Waals surface area (Å²) in [5.41, 5.74) is 0. The quantitative estimate of drug-likeness (QED) is 0.822. The Morgan fingerprint density at radius 3 is 2.81 bits per heavy atom. The van der Waals surface area contributed by atoms with E-state index in [0.29, 0.717) is 12.5 Å². The lowest BCUT2D eigenvalue weighted by Crippen LogP contribution is -2.34. The molecule has 116 valence electrons. The number of hydrogen-bond donors (Lipinski definition) is 0. The predicted octanol–water partition coefficient (Wildman–Crippen LogP) is 1.23. The molecule has 0 aliphatic carbocycles. The van der Waals surface area contributed by atoms with Gasteiger partial charge in [-0.15, -0.1) is 10.2 Å². The van der Waals surface area contributed by atoms with Gasteiger partial charge in [0, 0.05) is 32.5 Å². The smallest absolute Gasteiger partial charge is 0.222 e. The standard InChI is InChI=1S/C15H25N5O/c1-3-14(21)19-9-7-13-16-17-15(20(13)11-10-19)12-6-4-5-8-18(12)2/h12H,3-11H2,1-2H3/t12-/m0/s1. The number of carbonyl (C=O) groups excluding carboxylic acids is 1. The van der Waals surface area contributed by atoms with Gasteiger partial charge >= 0.3 is 0 Å². The third-order valence-electron chi connectivity index (χ3n) is 4.78. The zero-order valence-corrected chi connectivity index (χ0v) is 13.1. The highest BCUT2D eigenvalue weighted by Gasteiger charge is 2.28. The van der Waals surface area contributed by atoms with Gasteiger partial charge in [0.05, 0.1) is 6.04 Å². The van der Waals surface area contributed by atoms with Crippen molar-refractivity contribution < 1.29 is 4.79 Å². The molecule has 0 N–H and O–H groups in total. The summed E-state index contributed by atoms with van der Waals surface area (Å²) >= 11 is 0. The third-order valence-corrected chi connectivity index (χ3v) is 4.78. The predicted molar refractivity (Wildman–Crippen MR) is 79.8 cm³/mol. The maximum atomic E-state index is 11.9. The van der Waals surface area contributed by atoms with Crippen LogP contribution in [0.5, 0.6) is 0 Å². The number of amides is 1. The Morgan fingerprint density at radius 2 is 2.05 bits per heavy atom. The van der Waals surface area contributed by atoms with Crippen LogP contribution in [0.2, 0.25) is 0 Å². The molecule has 2 aliphatic heterocycles. The molecule has 0 spiro atoms. The molecule has 3 rings (SSSR count). The number of likely N-dealkylation sites (tertiary alicyclic amines) is 1. The molecule has 2 aliphatic rings. The van der Waals surface area contributed by atoms with Crippen molar-refractivity contribution in [2.45, 2.75) is 51.6 Å².